The topological polar surface area (TPSA) is 105 Å². The number of benzene rings is 2. The normalized spacial score (nSPS) is 16.2. The van der Waals surface area contributed by atoms with Gasteiger partial charge in [0.25, 0.3) is 5.56 Å². The van der Waals surface area contributed by atoms with Crippen molar-refractivity contribution in [2.24, 2.45) is 7.05 Å². The molecule has 1 aliphatic rings. The number of ether oxygens (including phenoxy) is 1. The van der Waals surface area contributed by atoms with Gasteiger partial charge in [-0.05, 0) is 61.4 Å². The van der Waals surface area contributed by atoms with E-state index in [1.54, 1.807) is 33.9 Å². The monoisotopic (exact) mass is 564 g/mol. The molecule has 42 heavy (non-hydrogen) atoms. The summed E-state index contributed by atoms with van der Waals surface area (Å²) in [4.78, 5) is 27.9. The molecule has 2 atom stereocenters. The Hall–Kier alpha value is -4.90. The lowest BCUT2D eigenvalue weighted by molar-refractivity contribution is -0.0298. The largest absolute Gasteiger partial charge is 0.360 e. The number of fused-ring (bicyclic) bond motifs is 2. The van der Waals surface area contributed by atoms with Gasteiger partial charge in [0.05, 0.1) is 29.6 Å². The number of pyridine rings is 1. The van der Waals surface area contributed by atoms with Crippen molar-refractivity contribution in [2.75, 3.05) is 11.9 Å². The number of rotatable bonds is 6. The van der Waals surface area contributed by atoms with Crippen molar-refractivity contribution in [1.29, 1.82) is 0 Å². The van der Waals surface area contributed by atoms with Gasteiger partial charge in [-0.15, -0.1) is 0 Å². The van der Waals surface area contributed by atoms with Crippen LogP contribution in [0.1, 0.15) is 44.1 Å². The van der Waals surface area contributed by atoms with Crippen molar-refractivity contribution < 1.29 is 9.13 Å². The predicted octanol–water partition coefficient (Wildman–Crippen LogP) is 5.54. The molecule has 0 aliphatic carbocycles. The molecule has 0 radical (unpaired) electrons. The minimum atomic E-state index is -0.431. The first-order chi connectivity index (χ1) is 20.5. The summed E-state index contributed by atoms with van der Waals surface area (Å²) < 4.78 is 25.6. The average molecular weight is 565 g/mol. The minimum Gasteiger partial charge on any atom is -0.360 e. The number of nitrogens with zero attached hydrogens (tertiary/aromatic N) is 7. The maximum atomic E-state index is 14.5. The Balaban J connectivity index is 1.36. The molecule has 1 aliphatic heterocycles. The van der Waals surface area contributed by atoms with E-state index >= 15 is 0 Å². The molecule has 0 saturated carbocycles. The Morgan fingerprint density at radius 3 is 2.76 bits per heavy atom. The van der Waals surface area contributed by atoms with Crippen molar-refractivity contribution in [3.05, 3.63) is 95.4 Å². The first kappa shape index (κ1) is 26.0. The second-order valence-corrected chi connectivity index (χ2v) is 10.6. The third kappa shape index (κ3) is 4.51. The van der Waals surface area contributed by atoms with Gasteiger partial charge < -0.3 is 10.1 Å². The molecule has 1 N–H and O–H groups in total. The van der Waals surface area contributed by atoms with E-state index in [-0.39, 0.29) is 11.8 Å². The highest BCUT2D eigenvalue weighted by atomic mass is 19.1. The standard InChI is InChI=1S/C31H29FN8O2/c1-19(37-29-28-30(34-17-33-29)39(18-35-28)26-11-3-4-12-42-26)25-13-20-7-5-10-24(21-15-36-38(2)16-21)27(20)31(41)40(25)23-9-6-8-22(32)14-23/h5-10,13-19,26H,3-4,11-12H2,1-2H3,(H,33,34,37)/t19-,26?/m0/s1. The van der Waals surface area contributed by atoms with Crippen LogP contribution in [0.2, 0.25) is 0 Å². The fourth-order valence-corrected chi connectivity index (χ4v) is 5.77. The van der Waals surface area contributed by atoms with Crippen molar-refractivity contribution in [3.63, 3.8) is 0 Å². The van der Waals surface area contributed by atoms with E-state index in [1.165, 1.54) is 18.5 Å². The van der Waals surface area contributed by atoms with E-state index in [0.717, 1.165) is 35.8 Å². The zero-order chi connectivity index (χ0) is 28.8. The molecule has 2 aromatic carbocycles. The number of aryl methyl sites for hydroxylation is 1. The lowest BCUT2D eigenvalue weighted by Crippen LogP contribution is -2.26. The van der Waals surface area contributed by atoms with Crippen LogP contribution in [0.5, 0.6) is 0 Å². The average Bonchev–Trinajstić information content (AvgIpc) is 3.64. The van der Waals surface area contributed by atoms with E-state index in [1.807, 2.05) is 49.0 Å². The van der Waals surface area contributed by atoms with Crippen LogP contribution in [0.15, 0.2) is 78.4 Å². The number of halogens is 1. The molecule has 1 fully saturated rings. The van der Waals surface area contributed by atoms with Crippen LogP contribution in [0.4, 0.5) is 10.2 Å². The van der Waals surface area contributed by atoms with Gasteiger partial charge in [-0.25, -0.2) is 19.3 Å². The van der Waals surface area contributed by atoms with E-state index in [4.69, 9.17) is 4.74 Å². The fraction of sp³-hybridized carbons (Fsp3) is 0.258. The van der Waals surface area contributed by atoms with Gasteiger partial charge in [-0.2, -0.15) is 5.10 Å². The number of nitrogens with one attached hydrogen (secondary N) is 1. The molecule has 1 saturated heterocycles. The third-order valence-electron chi connectivity index (χ3n) is 7.78. The van der Waals surface area contributed by atoms with Crippen molar-refractivity contribution >= 4 is 27.8 Å². The van der Waals surface area contributed by atoms with Gasteiger partial charge in [-0.1, -0.05) is 24.3 Å². The zero-order valence-corrected chi connectivity index (χ0v) is 23.2. The molecule has 0 amide bonds. The Morgan fingerprint density at radius 2 is 1.98 bits per heavy atom. The Bertz CT molecular complexity index is 1990. The highest BCUT2D eigenvalue weighted by Crippen LogP contribution is 2.32. The summed E-state index contributed by atoms with van der Waals surface area (Å²) in [5, 5.41) is 9.04. The molecule has 0 bridgehead atoms. The van der Waals surface area contributed by atoms with Crippen LogP contribution in [0.3, 0.4) is 0 Å². The molecule has 11 heteroatoms. The molecule has 4 aromatic heterocycles. The molecule has 5 heterocycles. The van der Waals surface area contributed by atoms with Crippen molar-refractivity contribution in [2.45, 2.75) is 38.5 Å². The van der Waals surface area contributed by atoms with Gasteiger partial charge in [0.2, 0.25) is 0 Å². The maximum Gasteiger partial charge on any atom is 0.263 e. The van der Waals surface area contributed by atoms with Crippen LogP contribution in [0.25, 0.3) is 38.8 Å². The van der Waals surface area contributed by atoms with Gasteiger partial charge in [0.15, 0.2) is 17.0 Å². The number of hydrogen-bond donors (Lipinski definition) is 1. The van der Waals surface area contributed by atoms with Gasteiger partial charge in [0, 0.05) is 31.1 Å². The highest BCUT2D eigenvalue weighted by molar-refractivity contribution is 5.96. The van der Waals surface area contributed by atoms with E-state index in [0.29, 0.717) is 40.4 Å². The van der Waals surface area contributed by atoms with Crippen molar-refractivity contribution in [3.8, 4) is 16.8 Å². The van der Waals surface area contributed by atoms with Crippen LogP contribution in [-0.4, -0.2) is 40.5 Å². The van der Waals surface area contributed by atoms with Gasteiger partial charge in [0.1, 0.15) is 18.4 Å². The second kappa shape index (κ2) is 10.5. The second-order valence-electron chi connectivity index (χ2n) is 10.6. The molecule has 0 spiro atoms. The van der Waals surface area contributed by atoms with Crippen LogP contribution in [-0.2, 0) is 11.8 Å². The number of imidazole rings is 1. The minimum absolute atomic E-state index is 0.114. The molecule has 7 rings (SSSR count). The predicted molar refractivity (Wildman–Crippen MR) is 158 cm³/mol. The summed E-state index contributed by atoms with van der Waals surface area (Å²) in [6.45, 7) is 2.65. The summed E-state index contributed by atoms with van der Waals surface area (Å²) in [5.41, 5.74) is 3.68. The molecule has 1 unspecified atom stereocenters. The maximum absolute atomic E-state index is 14.5. The molecule has 212 valence electrons. The molecule has 10 nitrogen and oxygen atoms in total. The first-order valence-corrected chi connectivity index (χ1v) is 14.0. The summed E-state index contributed by atoms with van der Waals surface area (Å²) in [6, 6.07) is 13.4. The molecular weight excluding hydrogens is 535 g/mol. The summed E-state index contributed by atoms with van der Waals surface area (Å²) in [7, 11) is 1.83. The van der Waals surface area contributed by atoms with E-state index in [2.05, 4.69) is 25.4 Å². The Labute approximate surface area is 240 Å². The zero-order valence-electron chi connectivity index (χ0n) is 23.2. The summed E-state index contributed by atoms with van der Waals surface area (Å²) in [6.07, 6.45) is 9.75. The van der Waals surface area contributed by atoms with E-state index < -0.39 is 11.9 Å². The lowest BCUT2D eigenvalue weighted by atomic mass is 9.99. The van der Waals surface area contributed by atoms with Gasteiger partial charge >= 0.3 is 0 Å². The van der Waals surface area contributed by atoms with E-state index in [9.17, 15) is 9.18 Å². The Kier molecular flexibility index (Phi) is 6.50. The quantitative estimate of drug-likeness (QED) is 0.283. The van der Waals surface area contributed by atoms with Crippen LogP contribution >= 0.6 is 0 Å². The SMILES string of the molecule is C[C@H](Nc1ncnc2c1ncn2C1CCCCO1)c1cc2cccc(-c3cnn(C)c3)c2c(=O)n1-c1cccc(F)c1. The van der Waals surface area contributed by atoms with Crippen LogP contribution in [0, 0.1) is 5.82 Å². The molecular formula is C31H29FN8O2. The first-order valence-electron chi connectivity index (χ1n) is 14.0. The summed E-state index contributed by atoms with van der Waals surface area (Å²) >= 11 is 0. The van der Waals surface area contributed by atoms with Gasteiger partial charge in [-0.3, -0.25) is 18.6 Å². The smallest absolute Gasteiger partial charge is 0.263 e. The highest BCUT2D eigenvalue weighted by Gasteiger charge is 2.23. The van der Waals surface area contributed by atoms with Crippen LogP contribution < -0.4 is 10.9 Å². The summed E-state index contributed by atoms with van der Waals surface area (Å²) in [5.74, 6) is 0.101. The lowest BCUT2D eigenvalue weighted by Gasteiger charge is -2.24. The number of aromatic nitrogens is 7. The number of hydrogen-bond acceptors (Lipinski definition) is 7. The van der Waals surface area contributed by atoms with Crippen molar-refractivity contribution in [1.82, 2.24) is 33.9 Å². The Morgan fingerprint density at radius 1 is 1.10 bits per heavy atom. The molecule has 6 aromatic rings. The fourth-order valence-electron chi connectivity index (χ4n) is 5.77. The number of anilines is 1. The third-order valence-corrected chi connectivity index (χ3v) is 7.78.